The summed E-state index contributed by atoms with van der Waals surface area (Å²) in [6, 6.07) is 8.60. The molecule has 1 aliphatic rings. The van der Waals surface area contributed by atoms with Crippen LogP contribution >= 0.6 is 11.8 Å². The topological polar surface area (TPSA) is 20.2 Å². The highest BCUT2D eigenvalue weighted by molar-refractivity contribution is 7.98. The van der Waals surface area contributed by atoms with Gasteiger partial charge in [0.2, 0.25) is 0 Å². The number of rotatable bonds is 2. The lowest BCUT2D eigenvalue weighted by Gasteiger charge is -2.14. The summed E-state index contributed by atoms with van der Waals surface area (Å²) in [6.07, 6.45) is 5.24. The maximum Gasteiger partial charge on any atom is 0.0608 e. The van der Waals surface area contributed by atoms with Crippen molar-refractivity contribution in [2.45, 2.75) is 36.2 Å². The first-order valence-corrected chi connectivity index (χ1v) is 6.36. The molecule has 2 rings (SSSR count). The highest BCUT2D eigenvalue weighted by atomic mass is 32.2. The van der Waals surface area contributed by atoms with Crippen LogP contribution < -0.4 is 0 Å². The van der Waals surface area contributed by atoms with Crippen molar-refractivity contribution < 1.29 is 5.11 Å². The molecule has 0 radical (unpaired) electrons. The lowest BCUT2D eigenvalue weighted by molar-refractivity contribution is 0.164. The van der Waals surface area contributed by atoms with Gasteiger partial charge < -0.3 is 5.11 Å². The van der Waals surface area contributed by atoms with Crippen LogP contribution in [0.3, 0.4) is 0 Å². The van der Waals surface area contributed by atoms with E-state index in [-0.39, 0.29) is 6.10 Å². The molecule has 0 heterocycles. The van der Waals surface area contributed by atoms with Gasteiger partial charge in [0.05, 0.1) is 6.10 Å². The van der Waals surface area contributed by atoms with Gasteiger partial charge in [-0.2, -0.15) is 0 Å². The molecular formula is C12H16OS. The molecule has 0 amide bonds. The summed E-state index contributed by atoms with van der Waals surface area (Å²) < 4.78 is 0. The van der Waals surface area contributed by atoms with Crippen LogP contribution in [-0.2, 0) is 0 Å². The molecule has 14 heavy (non-hydrogen) atoms. The Balaban J connectivity index is 2.16. The van der Waals surface area contributed by atoms with Crippen molar-refractivity contribution in [3.05, 3.63) is 29.8 Å². The Kier molecular flexibility index (Phi) is 3.14. The van der Waals surface area contributed by atoms with Crippen molar-refractivity contribution in [2.75, 3.05) is 6.26 Å². The number of benzene rings is 1. The molecule has 0 unspecified atom stereocenters. The molecule has 1 N–H and O–H groups in total. The van der Waals surface area contributed by atoms with E-state index in [9.17, 15) is 5.11 Å². The van der Waals surface area contributed by atoms with Crippen LogP contribution in [0, 0.1) is 0 Å². The minimum absolute atomic E-state index is 0.116. The maximum absolute atomic E-state index is 9.76. The van der Waals surface area contributed by atoms with E-state index < -0.39 is 0 Å². The number of hydrogen-bond donors (Lipinski definition) is 1. The molecule has 0 aromatic heterocycles. The Morgan fingerprint density at radius 3 is 2.43 bits per heavy atom. The van der Waals surface area contributed by atoms with Crippen LogP contribution in [0.25, 0.3) is 0 Å². The molecule has 2 atom stereocenters. The molecule has 2 heteroatoms. The van der Waals surface area contributed by atoms with E-state index in [0.29, 0.717) is 5.92 Å². The summed E-state index contributed by atoms with van der Waals surface area (Å²) in [6.45, 7) is 0. The summed E-state index contributed by atoms with van der Waals surface area (Å²) >= 11 is 1.76. The zero-order valence-electron chi connectivity index (χ0n) is 8.44. The molecule has 0 aliphatic heterocycles. The highest BCUT2D eigenvalue weighted by Crippen LogP contribution is 2.34. The molecule has 1 nitrogen and oxygen atoms in total. The van der Waals surface area contributed by atoms with Crippen LogP contribution in [-0.4, -0.2) is 17.5 Å². The Labute approximate surface area is 89.5 Å². The summed E-state index contributed by atoms with van der Waals surface area (Å²) in [5, 5.41) is 9.76. The zero-order valence-corrected chi connectivity index (χ0v) is 9.26. The number of aliphatic hydroxyl groups excluding tert-OH is 1. The Bertz CT molecular complexity index is 294. The quantitative estimate of drug-likeness (QED) is 0.754. The summed E-state index contributed by atoms with van der Waals surface area (Å²) in [7, 11) is 0. The molecule has 1 fully saturated rings. The fraction of sp³-hybridized carbons (Fsp3) is 0.500. The van der Waals surface area contributed by atoms with Crippen LogP contribution in [0.2, 0.25) is 0 Å². The van der Waals surface area contributed by atoms with E-state index in [4.69, 9.17) is 0 Å². The van der Waals surface area contributed by atoms with Crippen molar-refractivity contribution >= 4 is 11.8 Å². The Morgan fingerprint density at radius 2 is 1.93 bits per heavy atom. The Morgan fingerprint density at radius 1 is 1.21 bits per heavy atom. The number of hydrogen-bond acceptors (Lipinski definition) is 2. The third kappa shape index (κ3) is 1.96. The van der Waals surface area contributed by atoms with E-state index in [1.54, 1.807) is 11.8 Å². The molecular weight excluding hydrogens is 192 g/mol. The minimum Gasteiger partial charge on any atom is -0.392 e. The van der Waals surface area contributed by atoms with Gasteiger partial charge in [0.1, 0.15) is 0 Å². The maximum atomic E-state index is 9.76. The van der Waals surface area contributed by atoms with Gasteiger partial charge in [-0.3, -0.25) is 0 Å². The largest absolute Gasteiger partial charge is 0.392 e. The van der Waals surface area contributed by atoms with E-state index in [1.165, 1.54) is 10.5 Å². The SMILES string of the molecule is CSc1ccc([C@H]2CCC[C@H]2O)cc1. The molecule has 76 valence electrons. The molecule has 0 spiro atoms. The van der Waals surface area contributed by atoms with Gasteiger partial charge in [-0.1, -0.05) is 18.6 Å². The monoisotopic (exact) mass is 208 g/mol. The van der Waals surface area contributed by atoms with Gasteiger partial charge in [-0.25, -0.2) is 0 Å². The van der Waals surface area contributed by atoms with Crippen LogP contribution in [0.1, 0.15) is 30.7 Å². The molecule has 0 bridgehead atoms. The molecule has 0 saturated heterocycles. The normalized spacial score (nSPS) is 26.7. The third-order valence-electron chi connectivity index (χ3n) is 3.02. The first kappa shape index (κ1) is 10.1. The second-order valence-corrected chi connectivity index (χ2v) is 4.76. The van der Waals surface area contributed by atoms with Crippen LogP contribution in [0.5, 0.6) is 0 Å². The van der Waals surface area contributed by atoms with Gasteiger partial charge in [0.25, 0.3) is 0 Å². The van der Waals surface area contributed by atoms with Gasteiger partial charge >= 0.3 is 0 Å². The molecule has 1 aromatic rings. The average molecular weight is 208 g/mol. The first-order valence-electron chi connectivity index (χ1n) is 5.13. The van der Waals surface area contributed by atoms with Gasteiger partial charge in [-0.15, -0.1) is 11.8 Å². The fourth-order valence-corrected chi connectivity index (χ4v) is 2.59. The van der Waals surface area contributed by atoms with E-state index in [0.717, 1.165) is 19.3 Å². The fourth-order valence-electron chi connectivity index (χ4n) is 2.18. The minimum atomic E-state index is -0.116. The van der Waals surface area contributed by atoms with Crippen molar-refractivity contribution in [1.29, 1.82) is 0 Å². The summed E-state index contributed by atoms with van der Waals surface area (Å²) in [5.41, 5.74) is 1.30. The van der Waals surface area contributed by atoms with Gasteiger partial charge in [0, 0.05) is 10.8 Å². The third-order valence-corrected chi connectivity index (χ3v) is 3.77. The molecule has 1 saturated carbocycles. The Hall–Kier alpha value is -0.470. The standard InChI is InChI=1S/C12H16OS/c1-14-10-7-5-9(6-8-10)11-3-2-4-12(11)13/h5-8,11-13H,2-4H2,1H3/t11-,12-/m1/s1. The summed E-state index contributed by atoms with van der Waals surface area (Å²) in [5.74, 6) is 0.380. The predicted octanol–water partition coefficient (Wildman–Crippen LogP) is 3.04. The molecule has 1 aromatic carbocycles. The van der Waals surface area contributed by atoms with Crippen molar-refractivity contribution in [3.8, 4) is 0 Å². The summed E-state index contributed by atoms with van der Waals surface area (Å²) in [4.78, 5) is 1.29. The van der Waals surface area contributed by atoms with E-state index in [2.05, 4.69) is 30.5 Å². The lowest BCUT2D eigenvalue weighted by atomic mass is 9.96. The second-order valence-electron chi connectivity index (χ2n) is 3.88. The number of aliphatic hydroxyl groups is 1. The van der Waals surface area contributed by atoms with Crippen LogP contribution in [0.4, 0.5) is 0 Å². The van der Waals surface area contributed by atoms with Crippen molar-refractivity contribution in [3.63, 3.8) is 0 Å². The first-order chi connectivity index (χ1) is 6.81. The molecule has 1 aliphatic carbocycles. The second kappa shape index (κ2) is 4.37. The lowest BCUT2D eigenvalue weighted by Crippen LogP contribution is -2.10. The predicted molar refractivity (Wildman–Crippen MR) is 60.8 cm³/mol. The van der Waals surface area contributed by atoms with Gasteiger partial charge in [0.15, 0.2) is 0 Å². The zero-order chi connectivity index (χ0) is 9.97. The van der Waals surface area contributed by atoms with Crippen molar-refractivity contribution in [1.82, 2.24) is 0 Å². The highest BCUT2D eigenvalue weighted by Gasteiger charge is 2.26. The van der Waals surface area contributed by atoms with E-state index in [1.807, 2.05) is 0 Å². The van der Waals surface area contributed by atoms with Crippen LogP contribution in [0.15, 0.2) is 29.2 Å². The number of thioether (sulfide) groups is 1. The van der Waals surface area contributed by atoms with Gasteiger partial charge in [-0.05, 0) is 36.8 Å². The van der Waals surface area contributed by atoms with Crippen molar-refractivity contribution in [2.24, 2.45) is 0 Å². The smallest absolute Gasteiger partial charge is 0.0608 e. The average Bonchev–Trinajstić information content (AvgIpc) is 2.65. The van der Waals surface area contributed by atoms with E-state index >= 15 is 0 Å².